The molecule has 3 unspecified atom stereocenters. The highest BCUT2D eigenvalue weighted by Gasteiger charge is 2.29. The molecule has 2 heteroatoms. The number of unbranched alkanes of at least 4 members (excludes halogenated alkanes) is 2. The van der Waals surface area contributed by atoms with Crippen LogP contribution >= 0.6 is 0 Å². The lowest BCUT2D eigenvalue weighted by molar-refractivity contribution is 0.0755. The van der Waals surface area contributed by atoms with Crippen LogP contribution in [-0.4, -0.2) is 36.1 Å². The Balaban J connectivity index is 2.48. The standard InChI is InChI=1S/C17H36N2/c1-6-8-9-10-15(5)19-13-16(11-14(3)4)18-12-17(19)7-2/h14-18H,6-13H2,1-5H3. The van der Waals surface area contributed by atoms with Gasteiger partial charge >= 0.3 is 0 Å². The summed E-state index contributed by atoms with van der Waals surface area (Å²) in [6, 6.07) is 2.21. The molecule has 1 fully saturated rings. The molecule has 0 aromatic heterocycles. The maximum atomic E-state index is 3.76. The summed E-state index contributed by atoms with van der Waals surface area (Å²) in [5, 5.41) is 3.76. The van der Waals surface area contributed by atoms with Gasteiger partial charge in [-0.2, -0.15) is 0 Å². The minimum absolute atomic E-state index is 0.705. The highest BCUT2D eigenvalue weighted by molar-refractivity contribution is 4.88. The third-order valence-corrected chi connectivity index (χ3v) is 4.56. The lowest BCUT2D eigenvalue weighted by Crippen LogP contribution is -2.59. The molecule has 0 saturated carbocycles. The summed E-state index contributed by atoms with van der Waals surface area (Å²) in [6.45, 7) is 14.2. The van der Waals surface area contributed by atoms with Crippen LogP contribution in [0.2, 0.25) is 0 Å². The normalized spacial score (nSPS) is 26.8. The first-order valence-electron chi connectivity index (χ1n) is 8.57. The molecule has 1 N–H and O–H groups in total. The first-order chi connectivity index (χ1) is 9.08. The number of nitrogens with zero attached hydrogens (tertiary/aromatic N) is 1. The van der Waals surface area contributed by atoms with Gasteiger partial charge in [-0.1, -0.05) is 47.0 Å². The lowest BCUT2D eigenvalue weighted by Gasteiger charge is -2.44. The molecule has 1 aliphatic rings. The first kappa shape index (κ1) is 17.0. The molecule has 0 radical (unpaired) electrons. The fourth-order valence-electron chi connectivity index (χ4n) is 3.39. The third kappa shape index (κ3) is 5.83. The van der Waals surface area contributed by atoms with E-state index in [9.17, 15) is 0 Å². The number of nitrogens with one attached hydrogen (secondary N) is 1. The maximum absolute atomic E-state index is 3.76. The molecule has 1 heterocycles. The summed E-state index contributed by atoms with van der Waals surface area (Å²) in [6.07, 6.45) is 8.09. The fourth-order valence-corrected chi connectivity index (χ4v) is 3.39. The van der Waals surface area contributed by atoms with Crippen LogP contribution in [0.3, 0.4) is 0 Å². The highest BCUT2D eigenvalue weighted by Crippen LogP contribution is 2.20. The van der Waals surface area contributed by atoms with Gasteiger partial charge in [-0.3, -0.25) is 4.90 Å². The second kappa shape index (κ2) is 8.97. The molecule has 0 aromatic rings. The van der Waals surface area contributed by atoms with Gasteiger partial charge in [-0.15, -0.1) is 0 Å². The Kier molecular flexibility index (Phi) is 8.01. The Morgan fingerprint density at radius 3 is 2.47 bits per heavy atom. The van der Waals surface area contributed by atoms with Gasteiger partial charge < -0.3 is 5.32 Å². The van der Waals surface area contributed by atoms with Crippen molar-refractivity contribution in [2.24, 2.45) is 5.92 Å². The Hall–Kier alpha value is -0.0800. The average Bonchev–Trinajstić information content (AvgIpc) is 2.38. The zero-order valence-electron chi connectivity index (χ0n) is 13.9. The van der Waals surface area contributed by atoms with Crippen molar-refractivity contribution < 1.29 is 0 Å². The minimum atomic E-state index is 0.705. The summed E-state index contributed by atoms with van der Waals surface area (Å²) in [5.74, 6) is 0.799. The SMILES string of the molecule is CCCCCC(C)N1CC(CC(C)C)NCC1CC. The second-order valence-corrected chi connectivity index (χ2v) is 6.84. The summed E-state index contributed by atoms with van der Waals surface area (Å²) in [7, 11) is 0. The highest BCUT2D eigenvalue weighted by atomic mass is 15.2. The van der Waals surface area contributed by atoms with Crippen molar-refractivity contribution in [1.29, 1.82) is 0 Å². The monoisotopic (exact) mass is 268 g/mol. The summed E-state index contributed by atoms with van der Waals surface area (Å²) in [5.41, 5.74) is 0. The third-order valence-electron chi connectivity index (χ3n) is 4.56. The number of hydrogen-bond acceptors (Lipinski definition) is 2. The van der Waals surface area contributed by atoms with Gasteiger partial charge in [-0.25, -0.2) is 0 Å². The Morgan fingerprint density at radius 1 is 1.16 bits per heavy atom. The van der Waals surface area contributed by atoms with Crippen LogP contribution < -0.4 is 5.32 Å². The Morgan fingerprint density at radius 2 is 1.89 bits per heavy atom. The molecule has 0 aromatic carbocycles. The number of rotatable bonds is 8. The molecule has 114 valence electrons. The zero-order chi connectivity index (χ0) is 14.3. The molecule has 0 aliphatic carbocycles. The van der Waals surface area contributed by atoms with E-state index in [4.69, 9.17) is 0 Å². The van der Waals surface area contributed by atoms with Crippen LogP contribution in [0, 0.1) is 5.92 Å². The van der Waals surface area contributed by atoms with Crippen molar-refractivity contribution in [2.45, 2.75) is 91.3 Å². The Bertz CT molecular complexity index is 227. The van der Waals surface area contributed by atoms with Crippen molar-refractivity contribution in [1.82, 2.24) is 10.2 Å². The minimum Gasteiger partial charge on any atom is -0.311 e. The molecule has 1 rings (SSSR count). The van der Waals surface area contributed by atoms with Crippen LogP contribution in [0.4, 0.5) is 0 Å². The molecule has 0 bridgehead atoms. The first-order valence-corrected chi connectivity index (χ1v) is 8.57. The molecule has 3 atom stereocenters. The van der Waals surface area contributed by atoms with Gasteiger partial charge in [-0.05, 0) is 32.1 Å². The molecule has 2 nitrogen and oxygen atoms in total. The van der Waals surface area contributed by atoms with Crippen LogP contribution in [0.5, 0.6) is 0 Å². The zero-order valence-corrected chi connectivity index (χ0v) is 13.9. The van der Waals surface area contributed by atoms with Crippen molar-refractivity contribution in [2.75, 3.05) is 13.1 Å². The molecule has 0 amide bonds. The van der Waals surface area contributed by atoms with Crippen LogP contribution in [-0.2, 0) is 0 Å². The average molecular weight is 268 g/mol. The van der Waals surface area contributed by atoms with Crippen molar-refractivity contribution in [3.63, 3.8) is 0 Å². The summed E-state index contributed by atoms with van der Waals surface area (Å²) < 4.78 is 0. The number of piperazine rings is 1. The second-order valence-electron chi connectivity index (χ2n) is 6.84. The maximum Gasteiger partial charge on any atom is 0.0221 e. The van der Waals surface area contributed by atoms with Gasteiger partial charge in [0.1, 0.15) is 0 Å². The topological polar surface area (TPSA) is 15.3 Å². The van der Waals surface area contributed by atoms with Crippen LogP contribution in [0.1, 0.15) is 73.1 Å². The van der Waals surface area contributed by atoms with Gasteiger partial charge in [0, 0.05) is 31.2 Å². The smallest absolute Gasteiger partial charge is 0.0221 e. The van der Waals surface area contributed by atoms with E-state index >= 15 is 0 Å². The van der Waals surface area contributed by atoms with E-state index in [1.165, 1.54) is 51.6 Å². The van der Waals surface area contributed by atoms with Crippen molar-refractivity contribution in [3.8, 4) is 0 Å². The van der Waals surface area contributed by atoms with Gasteiger partial charge in [0.15, 0.2) is 0 Å². The predicted octanol–water partition coefficient (Wildman–Crippen LogP) is 4.05. The van der Waals surface area contributed by atoms with Gasteiger partial charge in [0.2, 0.25) is 0 Å². The van der Waals surface area contributed by atoms with E-state index in [2.05, 4.69) is 44.8 Å². The largest absolute Gasteiger partial charge is 0.311 e. The van der Waals surface area contributed by atoms with E-state index in [0.29, 0.717) is 6.04 Å². The summed E-state index contributed by atoms with van der Waals surface area (Å²) >= 11 is 0. The fraction of sp³-hybridized carbons (Fsp3) is 1.00. The van der Waals surface area contributed by atoms with Gasteiger partial charge in [0.05, 0.1) is 0 Å². The predicted molar refractivity (Wildman–Crippen MR) is 85.6 cm³/mol. The van der Waals surface area contributed by atoms with E-state index in [1.54, 1.807) is 0 Å². The van der Waals surface area contributed by atoms with Crippen molar-refractivity contribution >= 4 is 0 Å². The molecule has 1 saturated heterocycles. The molecular weight excluding hydrogens is 232 g/mol. The quantitative estimate of drug-likeness (QED) is 0.668. The van der Waals surface area contributed by atoms with E-state index in [1.807, 2.05) is 0 Å². The number of hydrogen-bond donors (Lipinski definition) is 1. The molecule has 0 spiro atoms. The van der Waals surface area contributed by atoms with Crippen LogP contribution in [0.25, 0.3) is 0 Å². The summed E-state index contributed by atoms with van der Waals surface area (Å²) in [4.78, 5) is 2.79. The van der Waals surface area contributed by atoms with Crippen LogP contribution in [0.15, 0.2) is 0 Å². The molecule has 19 heavy (non-hydrogen) atoms. The Labute approximate surface area is 121 Å². The van der Waals surface area contributed by atoms with E-state index in [-0.39, 0.29) is 0 Å². The van der Waals surface area contributed by atoms with Crippen molar-refractivity contribution in [3.05, 3.63) is 0 Å². The van der Waals surface area contributed by atoms with E-state index in [0.717, 1.165) is 18.0 Å². The van der Waals surface area contributed by atoms with Gasteiger partial charge in [0.25, 0.3) is 0 Å². The molecular formula is C17H36N2. The van der Waals surface area contributed by atoms with E-state index < -0.39 is 0 Å². The lowest BCUT2D eigenvalue weighted by atomic mass is 9.96. The molecule has 1 aliphatic heterocycles.